The van der Waals surface area contributed by atoms with Crippen LogP contribution in [0.1, 0.15) is 16.7 Å². The lowest BCUT2D eigenvalue weighted by molar-refractivity contribution is 0.171. The van der Waals surface area contributed by atoms with Crippen LogP contribution < -0.4 is 10.2 Å². The zero-order chi connectivity index (χ0) is 15.8. The molecule has 0 saturated heterocycles. The molecule has 2 aromatic carbocycles. The molecule has 0 spiro atoms. The second-order valence-corrected chi connectivity index (χ2v) is 4.61. The zero-order valence-corrected chi connectivity index (χ0v) is 12.6. The molecule has 5 nitrogen and oxygen atoms in total. The molecule has 22 heavy (non-hydrogen) atoms. The summed E-state index contributed by atoms with van der Waals surface area (Å²) in [4.78, 5) is 11.0. The van der Waals surface area contributed by atoms with Crippen LogP contribution in [0.15, 0.2) is 53.6 Å². The van der Waals surface area contributed by atoms with E-state index in [1.807, 2.05) is 55.5 Å². The molecular weight excluding hydrogens is 280 g/mol. The number of ether oxygens (including phenoxy) is 2. The molecule has 5 heteroatoms. The molecule has 0 unspecified atom stereocenters. The van der Waals surface area contributed by atoms with Crippen LogP contribution in [-0.4, -0.2) is 19.4 Å². The highest BCUT2D eigenvalue weighted by Crippen LogP contribution is 2.18. The van der Waals surface area contributed by atoms with Crippen molar-refractivity contribution in [2.75, 3.05) is 7.11 Å². The maximum Gasteiger partial charge on any atom is 0.427 e. The number of hydrazone groups is 1. The minimum atomic E-state index is -0.616. The number of carbonyl (C=O) groups excluding carboxylic acids is 1. The summed E-state index contributed by atoms with van der Waals surface area (Å²) in [6, 6.07) is 15.5. The standard InChI is InChI=1S/C17H18N2O3/c1-13-7-3-4-9-15(13)12-22-16-10-6-5-8-14(16)11-18-19-17(20)21-2/h3-11H,12H2,1-2H3,(H,19,20)/b18-11+. The van der Waals surface area contributed by atoms with Crippen LogP contribution in [0.3, 0.4) is 0 Å². The predicted octanol–water partition coefficient (Wildman–Crippen LogP) is 3.26. The highest BCUT2D eigenvalue weighted by atomic mass is 16.5. The first-order chi connectivity index (χ1) is 10.7. The van der Waals surface area contributed by atoms with Crippen LogP contribution in [0.2, 0.25) is 0 Å². The van der Waals surface area contributed by atoms with Crippen LogP contribution in [0.5, 0.6) is 5.75 Å². The van der Waals surface area contributed by atoms with Crippen molar-refractivity contribution in [1.29, 1.82) is 0 Å². The van der Waals surface area contributed by atoms with Crippen molar-refractivity contribution in [3.05, 3.63) is 65.2 Å². The van der Waals surface area contributed by atoms with Crippen LogP contribution >= 0.6 is 0 Å². The lowest BCUT2D eigenvalue weighted by Gasteiger charge is -2.10. The lowest BCUT2D eigenvalue weighted by atomic mass is 10.1. The van der Waals surface area contributed by atoms with E-state index in [9.17, 15) is 4.79 Å². The van der Waals surface area contributed by atoms with Gasteiger partial charge in [0.1, 0.15) is 12.4 Å². The number of hydrogen-bond acceptors (Lipinski definition) is 4. The summed E-state index contributed by atoms with van der Waals surface area (Å²) in [5.41, 5.74) is 5.32. The monoisotopic (exact) mass is 298 g/mol. The van der Waals surface area contributed by atoms with Gasteiger partial charge in [-0.05, 0) is 30.2 Å². The lowest BCUT2D eigenvalue weighted by Crippen LogP contribution is -2.16. The van der Waals surface area contributed by atoms with Crippen molar-refractivity contribution >= 4 is 12.3 Å². The normalized spacial score (nSPS) is 10.5. The first-order valence-corrected chi connectivity index (χ1v) is 6.84. The van der Waals surface area contributed by atoms with Gasteiger partial charge in [-0.1, -0.05) is 36.4 Å². The summed E-state index contributed by atoms with van der Waals surface area (Å²) in [7, 11) is 1.28. The van der Waals surface area contributed by atoms with E-state index in [1.165, 1.54) is 18.9 Å². The fourth-order valence-corrected chi connectivity index (χ4v) is 1.85. The fraction of sp³-hybridized carbons (Fsp3) is 0.176. The quantitative estimate of drug-likeness (QED) is 0.681. The molecule has 0 aliphatic carbocycles. The van der Waals surface area contributed by atoms with Crippen molar-refractivity contribution in [3.63, 3.8) is 0 Å². The van der Waals surface area contributed by atoms with Gasteiger partial charge in [0.2, 0.25) is 0 Å². The van der Waals surface area contributed by atoms with Crippen LogP contribution in [0.25, 0.3) is 0 Å². The maximum absolute atomic E-state index is 11.0. The minimum absolute atomic E-state index is 0.474. The average Bonchev–Trinajstić information content (AvgIpc) is 2.55. The number of benzene rings is 2. The SMILES string of the molecule is COC(=O)N/N=C/c1ccccc1OCc1ccccc1C. The van der Waals surface area contributed by atoms with Gasteiger partial charge in [0.05, 0.1) is 13.3 Å². The molecule has 0 aliphatic heterocycles. The predicted molar refractivity (Wildman–Crippen MR) is 85.1 cm³/mol. The van der Waals surface area contributed by atoms with Crippen LogP contribution in [0.4, 0.5) is 4.79 Å². The van der Waals surface area contributed by atoms with E-state index in [0.29, 0.717) is 12.4 Å². The Balaban J connectivity index is 2.05. The number of nitrogens with zero attached hydrogens (tertiary/aromatic N) is 1. The Hall–Kier alpha value is -2.82. The largest absolute Gasteiger partial charge is 0.488 e. The van der Waals surface area contributed by atoms with Gasteiger partial charge >= 0.3 is 6.09 Å². The van der Waals surface area contributed by atoms with E-state index in [4.69, 9.17) is 4.74 Å². The Bertz CT molecular complexity index is 668. The number of hydrogen-bond donors (Lipinski definition) is 1. The highest BCUT2D eigenvalue weighted by Gasteiger charge is 2.03. The van der Waals surface area contributed by atoms with Gasteiger partial charge in [0.15, 0.2) is 0 Å². The minimum Gasteiger partial charge on any atom is -0.488 e. The molecule has 0 aliphatic rings. The van der Waals surface area contributed by atoms with Crippen molar-refractivity contribution in [1.82, 2.24) is 5.43 Å². The number of methoxy groups -OCH3 is 1. The van der Waals surface area contributed by atoms with Crippen molar-refractivity contribution in [3.8, 4) is 5.75 Å². The summed E-state index contributed by atoms with van der Waals surface area (Å²) in [5, 5.41) is 3.82. The first kappa shape index (κ1) is 15.6. The van der Waals surface area contributed by atoms with Crippen LogP contribution in [-0.2, 0) is 11.3 Å². The number of aryl methyl sites for hydroxylation is 1. The Labute approximate surface area is 129 Å². The van der Waals surface area contributed by atoms with E-state index < -0.39 is 6.09 Å². The summed E-state index contributed by atoms with van der Waals surface area (Å²) >= 11 is 0. The number of nitrogens with one attached hydrogen (secondary N) is 1. The summed E-state index contributed by atoms with van der Waals surface area (Å²) < 4.78 is 10.3. The van der Waals surface area contributed by atoms with Crippen molar-refractivity contribution in [2.45, 2.75) is 13.5 Å². The molecular formula is C17H18N2O3. The molecule has 114 valence electrons. The molecule has 0 saturated carbocycles. The zero-order valence-electron chi connectivity index (χ0n) is 12.6. The van der Waals surface area contributed by atoms with Gasteiger partial charge in [0, 0.05) is 5.56 Å². The first-order valence-electron chi connectivity index (χ1n) is 6.84. The average molecular weight is 298 g/mol. The van der Waals surface area contributed by atoms with Crippen molar-refractivity contribution < 1.29 is 14.3 Å². The second-order valence-electron chi connectivity index (χ2n) is 4.61. The fourth-order valence-electron chi connectivity index (χ4n) is 1.85. The number of carbonyl (C=O) groups is 1. The van der Waals surface area contributed by atoms with Gasteiger partial charge in [0.25, 0.3) is 0 Å². The summed E-state index contributed by atoms with van der Waals surface area (Å²) in [6.45, 7) is 2.52. The third-order valence-electron chi connectivity index (χ3n) is 3.11. The van der Waals surface area contributed by atoms with E-state index >= 15 is 0 Å². The van der Waals surface area contributed by atoms with E-state index in [2.05, 4.69) is 15.3 Å². The number of rotatable bonds is 5. The molecule has 0 aromatic heterocycles. The van der Waals surface area contributed by atoms with Gasteiger partial charge in [-0.15, -0.1) is 0 Å². The summed E-state index contributed by atoms with van der Waals surface area (Å²) in [5.74, 6) is 0.696. The molecule has 1 amide bonds. The van der Waals surface area contributed by atoms with Gasteiger partial charge < -0.3 is 9.47 Å². The molecule has 0 fully saturated rings. The Morgan fingerprint density at radius 3 is 2.68 bits per heavy atom. The van der Waals surface area contributed by atoms with E-state index in [1.54, 1.807) is 0 Å². The van der Waals surface area contributed by atoms with Crippen molar-refractivity contribution in [2.24, 2.45) is 5.10 Å². The third kappa shape index (κ3) is 4.34. The number of para-hydroxylation sites is 1. The topological polar surface area (TPSA) is 59.9 Å². The van der Waals surface area contributed by atoms with E-state index in [0.717, 1.165) is 11.1 Å². The molecule has 2 rings (SSSR count). The molecule has 1 N–H and O–H groups in total. The molecule has 0 atom stereocenters. The molecule has 2 aromatic rings. The van der Waals surface area contributed by atoms with Gasteiger partial charge in [-0.25, -0.2) is 10.2 Å². The van der Waals surface area contributed by atoms with Gasteiger partial charge in [-0.2, -0.15) is 5.10 Å². The highest BCUT2D eigenvalue weighted by molar-refractivity contribution is 5.84. The Morgan fingerprint density at radius 1 is 1.18 bits per heavy atom. The van der Waals surface area contributed by atoms with Gasteiger partial charge in [-0.3, -0.25) is 0 Å². The molecule has 0 radical (unpaired) electrons. The summed E-state index contributed by atoms with van der Waals surface area (Å²) in [6.07, 6.45) is 0.902. The smallest absolute Gasteiger partial charge is 0.427 e. The maximum atomic E-state index is 11.0. The van der Waals surface area contributed by atoms with E-state index in [-0.39, 0.29) is 0 Å². The Morgan fingerprint density at radius 2 is 1.91 bits per heavy atom. The third-order valence-corrected chi connectivity index (χ3v) is 3.11. The van der Waals surface area contributed by atoms with Crippen LogP contribution in [0, 0.1) is 6.92 Å². The molecule has 0 bridgehead atoms. The second kappa shape index (κ2) is 7.83. The molecule has 0 heterocycles. The number of amides is 1. The Kier molecular flexibility index (Phi) is 5.54.